The van der Waals surface area contributed by atoms with E-state index in [4.69, 9.17) is 4.98 Å². The zero-order chi connectivity index (χ0) is 14.1. The van der Waals surface area contributed by atoms with Gasteiger partial charge in [0.1, 0.15) is 5.01 Å². The van der Waals surface area contributed by atoms with Crippen molar-refractivity contribution in [3.63, 3.8) is 0 Å². The summed E-state index contributed by atoms with van der Waals surface area (Å²) in [6.07, 6.45) is 5.33. The number of allylic oxidation sites excluding steroid dienone is 1. The molecule has 2 aromatic rings. The van der Waals surface area contributed by atoms with Crippen molar-refractivity contribution < 1.29 is 0 Å². The largest absolute Gasteiger partial charge is 0.303 e. The highest BCUT2D eigenvalue weighted by Gasteiger charge is 2.10. The summed E-state index contributed by atoms with van der Waals surface area (Å²) in [4.78, 5) is 11.4. The van der Waals surface area contributed by atoms with Gasteiger partial charge < -0.3 is 4.90 Å². The molecule has 0 bridgehead atoms. The number of thiazole rings is 1. The number of hydrogen-bond donors (Lipinski definition) is 0. The molecule has 1 aliphatic rings. The topological polar surface area (TPSA) is 28.5 Å². The van der Waals surface area contributed by atoms with Crippen LogP contribution < -0.4 is 0 Å². The molecule has 0 saturated carbocycles. The summed E-state index contributed by atoms with van der Waals surface area (Å²) in [5.74, 6) is 0.549. The van der Waals surface area contributed by atoms with Crippen LogP contribution in [0.25, 0.3) is 15.9 Å². The lowest BCUT2D eigenvalue weighted by molar-refractivity contribution is 0.402. The van der Waals surface area contributed by atoms with Crippen LogP contribution in [0.5, 0.6) is 0 Å². The zero-order valence-corrected chi connectivity index (χ0v) is 12.9. The van der Waals surface area contributed by atoms with Crippen molar-refractivity contribution in [1.29, 1.82) is 0 Å². The number of aromatic nitrogens is 1. The molecule has 104 valence electrons. The van der Waals surface area contributed by atoms with Crippen LogP contribution in [-0.4, -0.2) is 30.2 Å². The van der Waals surface area contributed by atoms with Crippen molar-refractivity contribution in [3.05, 3.63) is 34.8 Å². The lowest BCUT2D eigenvalue weighted by Crippen LogP contribution is -2.10. The molecule has 1 atom stereocenters. The van der Waals surface area contributed by atoms with Gasteiger partial charge in [-0.05, 0) is 38.6 Å². The lowest BCUT2D eigenvalue weighted by Gasteiger charge is -2.10. The van der Waals surface area contributed by atoms with Gasteiger partial charge in [0.25, 0.3) is 0 Å². The molecule has 20 heavy (non-hydrogen) atoms. The Morgan fingerprint density at radius 3 is 2.90 bits per heavy atom. The fourth-order valence-electron chi connectivity index (χ4n) is 2.28. The molecule has 1 aromatic heterocycles. The average molecular weight is 285 g/mol. The first-order chi connectivity index (χ1) is 9.61. The summed E-state index contributed by atoms with van der Waals surface area (Å²) < 4.78 is 1.25. The number of nitrogens with zero attached hydrogens (tertiary/aromatic N) is 3. The van der Waals surface area contributed by atoms with Gasteiger partial charge >= 0.3 is 0 Å². The second-order valence-electron chi connectivity index (χ2n) is 5.61. The predicted octanol–water partition coefficient (Wildman–Crippen LogP) is 3.81. The summed E-state index contributed by atoms with van der Waals surface area (Å²) in [5.41, 5.74) is 3.33. The van der Waals surface area contributed by atoms with Crippen molar-refractivity contribution in [2.24, 2.45) is 10.9 Å². The van der Waals surface area contributed by atoms with Gasteiger partial charge in [0, 0.05) is 18.3 Å². The third-order valence-electron chi connectivity index (χ3n) is 3.33. The molecule has 0 amide bonds. The molecular weight excluding hydrogens is 266 g/mol. The molecule has 4 heteroatoms. The molecule has 2 heterocycles. The maximum atomic E-state index is 4.72. The first kappa shape index (κ1) is 13.5. The number of aliphatic imine (C=N–C) groups is 1. The summed E-state index contributed by atoms with van der Waals surface area (Å²) in [6.45, 7) is 3.08. The second-order valence-corrected chi connectivity index (χ2v) is 6.72. The molecule has 0 radical (unpaired) electrons. The maximum absolute atomic E-state index is 4.72. The van der Waals surface area contributed by atoms with E-state index in [-0.39, 0.29) is 0 Å². The lowest BCUT2D eigenvalue weighted by atomic mass is 10.0. The van der Waals surface area contributed by atoms with Gasteiger partial charge in [0.15, 0.2) is 0 Å². The Morgan fingerprint density at radius 1 is 1.35 bits per heavy atom. The van der Waals surface area contributed by atoms with Crippen LogP contribution in [0.4, 0.5) is 0 Å². The monoisotopic (exact) mass is 285 g/mol. The summed E-state index contributed by atoms with van der Waals surface area (Å²) >= 11 is 1.77. The Bertz CT molecular complexity index is 682. The van der Waals surface area contributed by atoms with Gasteiger partial charge in [-0.1, -0.05) is 19.1 Å². The highest BCUT2D eigenvalue weighted by molar-refractivity contribution is 7.18. The van der Waals surface area contributed by atoms with E-state index in [0.29, 0.717) is 5.92 Å². The molecule has 1 aliphatic heterocycles. The van der Waals surface area contributed by atoms with Gasteiger partial charge in [-0.2, -0.15) is 0 Å². The van der Waals surface area contributed by atoms with Crippen molar-refractivity contribution in [3.8, 4) is 0 Å². The van der Waals surface area contributed by atoms with Crippen molar-refractivity contribution in [1.82, 2.24) is 9.88 Å². The van der Waals surface area contributed by atoms with Crippen LogP contribution in [0.2, 0.25) is 0 Å². The fraction of sp³-hybridized carbons (Fsp3) is 0.375. The first-order valence-electron chi connectivity index (χ1n) is 6.91. The third-order valence-corrected chi connectivity index (χ3v) is 4.35. The van der Waals surface area contributed by atoms with Crippen molar-refractivity contribution >= 4 is 33.5 Å². The summed E-state index contributed by atoms with van der Waals surface area (Å²) in [6, 6.07) is 6.47. The molecule has 1 aromatic carbocycles. The van der Waals surface area contributed by atoms with Crippen molar-refractivity contribution in [2.75, 3.05) is 14.1 Å². The number of fused-ring (bicyclic) bond motifs is 1. The maximum Gasteiger partial charge on any atom is 0.108 e. The quantitative estimate of drug-likeness (QED) is 0.858. The number of rotatable bonds is 3. The van der Waals surface area contributed by atoms with Gasteiger partial charge in [-0.15, -0.1) is 11.3 Å². The Labute approximate surface area is 123 Å². The molecule has 0 spiro atoms. The number of hydrogen-bond acceptors (Lipinski definition) is 4. The highest BCUT2D eigenvalue weighted by Crippen LogP contribution is 2.28. The van der Waals surface area contributed by atoms with Crippen LogP contribution >= 0.6 is 11.3 Å². The van der Waals surface area contributed by atoms with E-state index in [1.165, 1.54) is 10.3 Å². The minimum absolute atomic E-state index is 0.549. The molecule has 0 saturated heterocycles. The van der Waals surface area contributed by atoms with E-state index in [1.807, 2.05) is 6.21 Å². The third kappa shape index (κ3) is 2.81. The average Bonchev–Trinajstić information content (AvgIpc) is 2.79. The van der Waals surface area contributed by atoms with Gasteiger partial charge in [0.05, 0.1) is 15.9 Å². The van der Waals surface area contributed by atoms with Crippen LogP contribution in [-0.2, 0) is 6.54 Å². The first-order valence-corrected chi connectivity index (χ1v) is 7.72. The summed E-state index contributed by atoms with van der Waals surface area (Å²) in [7, 11) is 4.14. The molecule has 1 unspecified atom stereocenters. The molecular formula is C16H19N3S. The van der Waals surface area contributed by atoms with E-state index in [9.17, 15) is 0 Å². The molecule has 3 nitrogen and oxygen atoms in total. The zero-order valence-electron chi connectivity index (χ0n) is 12.1. The van der Waals surface area contributed by atoms with E-state index in [2.05, 4.69) is 55.2 Å². The van der Waals surface area contributed by atoms with Crippen LogP contribution in [0.15, 0.2) is 29.3 Å². The van der Waals surface area contributed by atoms with E-state index in [0.717, 1.165) is 29.2 Å². The fourth-order valence-corrected chi connectivity index (χ4v) is 3.35. The van der Waals surface area contributed by atoms with Crippen LogP contribution in [0.3, 0.4) is 0 Å². The molecule has 3 rings (SSSR count). The molecule has 0 aliphatic carbocycles. The molecule has 0 fully saturated rings. The normalized spacial score (nSPS) is 18.8. The standard InChI is InChI=1S/C16H19N3S/c1-11-4-6-13(17-9-11)12-5-7-15-14(8-12)18-16(20-15)10-19(2)3/h5-9,11H,4,10H2,1-3H3. The predicted molar refractivity (Wildman–Crippen MR) is 87.3 cm³/mol. The van der Waals surface area contributed by atoms with Gasteiger partial charge in [-0.25, -0.2) is 4.98 Å². The van der Waals surface area contributed by atoms with Crippen LogP contribution in [0.1, 0.15) is 23.9 Å². The Hall–Kier alpha value is -1.52. The minimum atomic E-state index is 0.549. The smallest absolute Gasteiger partial charge is 0.108 e. The molecule has 0 N–H and O–H groups in total. The second kappa shape index (κ2) is 5.46. The van der Waals surface area contributed by atoms with Crippen LogP contribution in [0, 0.1) is 5.92 Å². The minimum Gasteiger partial charge on any atom is -0.303 e. The Kier molecular flexibility index (Phi) is 3.68. The van der Waals surface area contributed by atoms with Gasteiger partial charge in [-0.3, -0.25) is 4.99 Å². The highest BCUT2D eigenvalue weighted by atomic mass is 32.1. The summed E-state index contributed by atoms with van der Waals surface area (Å²) in [5, 5.41) is 1.16. The van der Waals surface area contributed by atoms with E-state index < -0.39 is 0 Å². The SMILES string of the molecule is CC1C=NC(c2ccc3sc(CN(C)C)nc3c2)=CC1. The Morgan fingerprint density at radius 2 is 2.20 bits per heavy atom. The van der Waals surface area contributed by atoms with Crippen molar-refractivity contribution in [2.45, 2.75) is 19.9 Å². The van der Waals surface area contributed by atoms with Gasteiger partial charge in [0.2, 0.25) is 0 Å². The Balaban J connectivity index is 1.92. The van der Waals surface area contributed by atoms with E-state index >= 15 is 0 Å². The van der Waals surface area contributed by atoms with E-state index in [1.54, 1.807) is 11.3 Å². The number of benzene rings is 1.